The largest absolute Gasteiger partial charge is 0.497 e. The van der Waals surface area contributed by atoms with Gasteiger partial charge in [-0.25, -0.2) is 0 Å². The SMILES string of the molecule is COc1ccc(CCN)c(OC2CCCC(C)C2)c1. The average molecular weight is 263 g/mol. The standard InChI is InChI=1S/C16H25NO2/c1-12-4-3-5-15(10-12)19-16-11-14(18-2)7-6-13(16)8-9-17/h6-7,11-12,15H,3-5,8-10,17H2,1-2H3. The van der Waals surface area contributed by atoms with Gasteiger partial charge in [-0.05, 0) is 49.8 Å². The molecule has 3 nitrogen and oxygen atoms in total. The van der Waals surface area contributed by atoms with Crippen LogP contribution in [-0.2, 0) is 6.42 Å². The molecule has 2 rings (SSSR count). The van der Waals surface area contributed by atoms with Crippen LogP contribution >= 0.6 is 0 Å². The molecule has 0 aromatic heterocycles. The molecule has 0 bridgehead atoms. The van der Waals surface area contributed by atoms with Crippen molar-refractivity contribution in [3.05, 3.63) is 23.8 Å². The fourth-order valence-electron chi connectivity index (χ4n) is 2.80. The van der Waals surface area contributed by atoms with E-state index in [0.29, 0.717) is 12.6 Å². The molecule has 0 radical (unpaired) electrons. The molecule has 106 valence electrons. The molecule has 1 saturated carbocycles. The van der Waals surface area contributed by atoms with Crippen molar-refractivity contribution in [2.45, 2.75) is 45.1 Å². The molecule has 0 amide bonds. The summed E-state index contributed by atoms with van der Waals surface area (Å²) < 4.78 is 11.5. The second kappa shape index (κ2) is 6.80. The van der Waals surface area contributed by atoms with Gasteiger partial charge in [-0.2, -0.15) is 0 Å². The lowest BCUT2D eigenvalue weighted by Gasteiger charge is -2.28. The lowest BCUT2D eigenvalue weighted by molar-refractivity contribution is 0.127. The van der Waals surface area contributed by atoms with E-state index in [1.54, 1.807) is 7.11 Å². The lowest BCUT2D eigenvalue weighted by Crippen LogP contribution is -2.24. The molecule has 1 aliphatic rings. The molecule has 2 N–H and O–H groups in total. The minimum Gasteiger partial charge on any atom is -0.497 e. The van der Waals surface area contributed by atoms with Crippen LogP contribution in [0.1, 0.15) is 38.2 Å². The summed E-state index contributed by atoms with van der Waals surface area (Å²) in [6.07, 6.45) is 6.09. The highest BCUT2D eigenvalue weighted by Crippen LogP contribution is 2.31. The zero-order valence-corrected chi connectivity index (χ0v) is 12.0. The molecule has 0 heterocycles. The maximum atomic E-state index is 6.22. The van der Waals surface area contributed by atoms with Gasteiger partial charge in [0.1, 0.15) is 11.5 Å². The Morgan fingerprint density at radius 1 is 1.32 bits per heavy atom. The molecule has 1 aliphatic carbocycles. The van der Waals surface area contributed by atoms with Gasteiger partial charge in [0.2, 0.25) is 0 Å². The highest BCUT2D eigenvalue weighted by Gasteiger charge is 2.21. The van der Waals surface area contributed by atoms with Crippen molar-refractivity contribution in [3.8, 4) is 11.5 Å². The first kappa shape index (κ1) is 14.2. The van der Waals surface area contributed by atoms with E-state index < -0.39 is 0 Å². The Bertz CT molecular complexity index is 406. The Labute approximate surface area is 116 Å². The molecule has 0 aliphatic heterocycles. The molecule has 3 heteroatoms. The second-order valence-electron chi connectivity index (χ2n) is 5.52. The summed E-state index contributed by atoms with van der Waals surface area (Å²) in [5.41, 5.74) is 6.85. The van der Waals surface area contributed by atoms with Crippen LogP contribution in [0, 0.1) is 5.92 Å². The van der Waals surface area contributed by atoms with Gasteiger partial charge >= 0.3 is 0 Å². The summed E-state index contributed by atoms with van der Waals surface area (Å²) in [7, 11) is 1.68. The minimum absolute atomic E-state index is 0.340. The van der Waals surface area contributed by atoms with Crippen LogP contribution < -0.4 is 15.2 Å². The van der Waals surface area contributed by atoms with E-state index in [0.717, 1.165) is 36.7 Å². The van der Waals surface area contributed by atoms with Crippen molar-refractivity contribution in [2.75, 3.05) is 13.7 Å². The van der Waals surface area contributed by atoms with Crippen LogP contribution in [0.4, 0.5) is 0 Å². The fraction of sp³-hybridized carbons (Fsp3) is 0.625. The molecule has 1 aromatic carbocycles. The number of ether oxygens (including phenoxy) is 2. The number of nitrogens with two attached hydrogens (primary N) is 1. The molecule has 19 heavy (non-hydrogen) atoms. The molecule has 0 saturated heterocycles. The van der Waals surface area contributed by atoms with Gasteiger partial charge in [0.15, 0.2) is 0 Å². The summed E-state index contributed by atoms with van der Waals surface area (Å²) in [5.74, 6) is 2.56. The first-order valence-electron chi connectivity index (χ1n) is 7.26. The topological polar surface area (TPSA) is 44.5 Å². The van der Waals surface area contributed by atoms with Crippen LogP contribution in [0.3, 0.4) is 0 Å². The summed E-state index contributed by atoms with van der Waals surface area (Å²) in [6.45, 7) is 2.95. The quantitative estimate of drug-likeness (QED) is 0.887. The highest BCUT2D eigenvalue weighted by atomic mass is 16.5. The lowest BCUT2D eigenvalue weighted by atomic mass is 9.88. The Balaban J connectivity index is 2.11. The van der Waals surface area contributed by atoms with E-state index in [-0.39, 0.29) is 0 Å². The summed E-state index contributed by atoms with van der Waals surface area (Å²) in [5, 5.41) is 0. The predicted molar refractivity (Wildman–Crippen MR) is 77.8 cm³/mol. The third-order valence-corrected chi connectivity index (χ3v) is 3.87. The van der Waals surface area contributed by atoms with E-state index in [1.807, 2.05) is 12.1 Å². The zero-order chi connectivity index (χ0) is 13.7. The van der Waals surface area contributed by atoms with Crippen LogP contribution in [-0.4, -0.2) is 19.8 Å². The second-order valence-corrected chi connectivity index (χ2v) is 5.52. The summed E-state index contributed by atoms with van der Waals surface area (Å²) >= 11 is 0. The molecule has 1 fully saturated rings. The van der Waals surface area contributed by atoms with Gasteiger partial charge < -0.3 is 15.2 Å². The molecular formula is C16H25NO2. The summed E-state index contributed by atoms with van der Waals surface area (Å²) in [4.78, 5) is 0. The highest BCUT2D eigenvalue weighted by molar-refractivity contribution is 5.41. The van der Waals surface area contributed by atoms with Crippen molar-refractivity contribution >= 4 is 0 Å². The smallest absolute Gasteiger partial charge is 0.126 e. The van der Waals surface area contributed by atoms with Gasteiger partial charge in [0.25, 0.3) is 0 Å². The van der Waals surface area contributed by atoms with Gasteiger partial charge in [0.05, 0.1) is 13.2 Å². The van der Waals surface area contributed by atoms with Crippen LogP contribution in [0.15, 0.2) is 18.2 Å². The number of hydrogen-bond donors (Lipinski definition) is 1. The van der Waals surface area contributed by atoms with E-state index in [4.69, 9.17) is 15.2 Å². The fourth-order valence-corrected chi connectivity index (χ4v) is 2.80. The van der Waals surface area contributed by atoms with Gasteiger partial charge in [-0.1, -0.05) is 19.4 Å². The number of rotatable bonds is 5. The van der Waals surface area contributed by atoms with Crippen molar-refractivity contribution < 1.29 is 9.47 Å². The Morgan fingerprint density at radius 2 is 2.16 bits per heavy atom. The number of benzene rings is 1. The van der Waals surface area contributed by atoms with Gasteiger partial charge in [0, 0.05) is 6.07 Å². The summed E-state index contributed by atoms with van der Waals surface area (Å²) in [6, 6.07) is 6.03. The van der Waals surface area contributed by atoms with Crippen LogP contribution in [0.25, 0.3) is 0 Å². The van der Waals surface area contributed by atoms with Crippen molar-refractivity contribution in [2.24, 2.45) is 11.7 Å². The Hall–Kier alpha value is -1.22. The van der Waals surface area contributed by atoms with E-state index in [1.165, 1.54) is 18.4 Å². The maximum absolute atomic E-state index is 6.22. The van der Waals surface area contributed by atoms with Gasteiger partial charge in [-0.3, -0.25) is 0 Å². The molecule has 2 atom stereocenters. The first-order chi connectivity index (χ1) is 9.22. The maximum Gasteiger partial charge on any atom is 0.126 e. The van der Waals surface area contributed by atoms with E-state index in [9.17, 15) is 0 Å². The normalized spacial score (nSPS) is 23.1. The number of hydrogen-bond acceptors (Lipinski definition) is 3. The van der Waals surface area contributed by atoms with Crippen molar-refractivity contribution in [1.29, 1.82) is 0 Å². The van der Waals surface area contributed by atoms with Gasteiger partial charge in [-0.15, -0.1) is 0 Å². The average Bonchev–Trinajstić information content (AvgIpc) is 2.41. The third kappa shape index (κ3) is 3.87. The van der Waals surface area contributed by atoms with Crippen molar-refractivity contribution in [1.82, 2.24) is 0 Å². The van der Waals surface area contributed by atoms with Crippen LogP contribution in [0.2, 0.25) is 0 Å². The monoisotopic (exact) mass is 263 g/mol. The van der Waals surface area contributed by atoms with E-state index in [2.05, 4.69) is 13.0 Å². The van der Waals surface area contributed by atoms with E-state index >= 15 is 0 Å². The zero-order valence-electron chi connectivity index (χ0n) is 12.0. The Morgan fingerprint density at radius 3 is 2.84 bits per heavy atom. The first-order valence-corrected chi connectivity index (χ1v) is 7.26. The molecule has 0 spiro atoms. The third-order valence-electron chi connectivity index (χ3n) is 3.87. The predicted octanol–water partition coefficient (Wildman–Crippen LogP) is 3.15. The Kier molecular flexibility index (Phi) is 5.08. The number of methoxy groups -OCH3 is 1. The van der Waals surface area contributed by atoms with Crippen LogP contribution in [0.5, 0.6) is 11.5 Å². The van der Waals surface area contributed by atoms with Crippen molar-refractivity contribution in [3.63, 3.8) is 0 Å². The molecule has 1 aromatic rings. The molecular weight excluding hydrogens is 238 g/mol. The minimum atomic E-state index is 0.340. The molecule has 2 unspecified atom stereocenters.